The number of non-ortho nitro benzene ring substituents is 1. The zero-order chi connectivity index (χ0) is 14.7. The first-order chi connectivity index (χ1) is 9.49. The number of aryl methyl sites for hydroxylation is 1. The Labute approximate surface area is 128 Å². The van der Waals surface area contributed by atoms with Crippen LogP contribution in [0, 0.1) is 17.0 Å². The van der Waals surface area contributed by atoms with Gasteiger partial charge in [0.1, 0.15) is 5.75 Å². The van der Waals surface area contributed by atoms with E-state index in [2.05, 4.69) is 20.9 Å². The third-order valence-electron chi connectivity index (χ3n) is 2.52. The minimum atomic E-state index is -0.478. The Morgan fingerprint density at radius 2 is 2.15 bits per heavy atom. The van der Waals surface area contributed by atoms with Crippen molar-refractivity contribution in [1.29, 1.82) is 0 Å². The molecule has 0 amide bonds. The molecule has 2 rings (SSSR count). The predicted molar refractivity (Wildman–Crippen MR) is 79.4 cm³/mol. The summed E-state index contributed by atoms with van der Waals surface area (Å²) in [4.78, 5) is 14.5. The number of aromatic nitrogens is 1. The van der Waals surface area contributed by atoms with Gasteiger partial charge in [-0.2, -0.15) is 0 Å². The van der Waals surface area contributed by atoms with Crippen LogP contribution in [0.15, 0.2) is 34.9 Å². The number of hydrogen-bond donors (Lipinski definition) is 0. The van der Waals surface area contributed by atoms with Gasteiger partial charge < -0.3 is 4.74 Å². The van der Waals surface area contributed by atoms with Crippen molar-refractivity contribution in [2.75, 3.05) is 0 Å². The smallest absolute Gasteiger partial charge is 0.274 e. The van der Waals surface area contributed by atoms with E-state index in [1.165, 1.54) is 12.1 Å². The Kier molecular flexibility index (Phi) is 4.57. The minimum absolute atomic E-state index is 0.0515. The summed E-state index contributed by atoms with van der Waals surface area (Å²) in [7, 11) is 0. The van der Waals surface area contributed by atoms with Gasteiger partial charge >= 0.3 is 0 Å². The monoisotopic (exact) mass is 356 g/mol. The molecule has 1 aromatic heterocycles. The van der Waals surface area contributed by atoms with Gasteiger partial charge in [-0.25, -0.2) is 4.98 Å². The van der Waals surface area contributed by atoms with Crippen LogP contribution in [0.2, 0.25) is 0 Å². The first-order valence-corrected chi connectivity index (χ1v) is 6.96. The van der Waals surface area contributed by atoms with Gasteiger partial charge in [-0.3, -0.25) is 10.1 Å². The number of benzene rings is 1. The fourth-order valence-electron chi connectivity index (χ4n) is 1.62. The maximum atomic E-state index is 10.8. The molecule has 0 bridgehead atoms. The van der Waals surface area contributed by atoms with Gasteiger partial charge in [-0.1, -0.05) is 15.9 Å². The molecule has 5 nitrogen and oxygen atoms in total. The highest BCUT2D eigenvalue weighted by molar-refractivity contribution is 9.10. The molecule has 0 saturated heterocycles. The molecule has 0 N–H and O–H groups in total. The zero-order valence-corrected chi connectivity index (χ0v) is 12.8. The summed E-state index contributed by atoms with van der Waals surface area (Å²) in [6.45, 7) is 1.84. The highest BCUT2D eigenvalue weighted by atomic mass is 79.9. The van der Waals surface area contributed by atoms with Crippen LogP contribution >= 0.6 is 27.5 Å². The largest absolute Gasteiger partial charge is 0.438 e. The molecule has 0 radical (unpaired) electrons. The summed E-state index contributed by atoms with van der Waals surface area (Å²) in [6, 6.07) is 6.26. The van der Waals surface area contributed by atoms with Crippen molar-refractivity contribution in [2.45, 2.75) is 12.8 Å². The molecule has 0 atom stereocenters. The molecule has 0 spiro atoms. The fraction of sp³-hybridized carbons (Fsp3) is 0.154. The second kappa shape index (κ2) is 6.19. The van der Waals surface area contributed by atoms with Gasteiger partial charge in [0.15, 0.2) is 0 Å². The average molecular weight is 358 g/mol. The van der Waals surface area contributed by atoms with E-state index in [0.29, 0.717) is 22.0 Å². The Balaban J connectivity index is 2.32. The normalized spacial score (nSPS) is 10.3. The predicted octanol–water partition coefficient (Wildman–Crippen LogP) is 4.59. The first kappa shape index (κ1) is 14.7. The number of rotatable bonds is 4. The molecule has 0 aliphatic heterocycles. The van der Waals surface area contributed by atoms with E-state index in [9.17, 15) is 10.1 Å². The molecule has 20 heavy (non-hydrogen) atoms. The molecular formula is C13H10BrClN2O3. The molecule has 1 heterocycles. The van der Waals surface area contributed by atoms with E-state index in [1.54, 1.807) is 12.3 Å². The molecule has 1 aromatic carbocycles. The van der Waals surface area contributed by atoms with Crippen molar-refractivity contribution >= 4 is 33.2 Å². The van der Waals surface area contributed by atoms with Crippen LogP contribution in [0.5, 0.6) is 11.6 Å². The van der Waals surface area contributed by atoms with E-state index in [0.717, 1.165) is 11.1 Å². The number of nitro groups is 1. The average Bonchev–Trinajstić information content (AvgIpc) is 2.40. The van der Waals surface area contributed by atoms with Crippen LogP contribution in [0.4, 0.5) is 5.69 Å². The van der Waals surface area contributed by atoms with E-state index in [-0.39, 0.29) is 5.69 Å². The Hall–Kier alpha value is -1.66. The standard InChI is InChI=1S/C13H10BrClN2O3/c1-8-2-9(6-15)7-16-13(8)20-12-4-10(14)3-11(5-12)17(18)19/h2-5,7H,6H2,1H3. The molecule has 0 aliphatic rings. The van der Waals surface area contributed by atoms with Gasteiger partial charge in [0.2, 0.25) is 5.88 Å². The summed E-state index contributed by atoms with van der Waals surface area (Å²) in [5.41, 5.74) is 1.65. The summed E-state index contributed by atoms with van der Waals surface area (Å²) < 4.78 is 6.16. The summed E-state index contributed by atoms with van der Waals surface area (Å²) >= 11 is 8.94. The second-order valence-electron chi connectivity index (χ2n) is 4.10. The number of ether oxygens (including phenoxy) is 1. The molecule has 0 unspecified atom stereocenters. The SMILES string of the molecule is Cc1cc(CCl)cnc1Oc1cc(Br)cc([N+](=O)[O-])c1. The van der Waals surface area contributed by atoms with E-state index >= 15 is 0 Å². The van der Waals surface area contributed by atoms with Crippen LogP contribution in [-0.4, -0.2) is 9.91 Å². The van der Waals surface area contributed by atoms with Crippen molar-refractivity contribution in [1.82, 2.24) is 4.98 Å². The molecule has 0 fully saturated rings. The maximum Gasteiger partial charge on any atom is 0.274 e. The third kappa shape index (κ3) is 3.46. The van der Waals surface area contributed by atoms with Crippen molar-refractivity contribution in [3.8, 4) is 11.6 Å². The summed E-state index contributed by atoms with van der Waals surface area (Å²) in [5, 5.41) is 10.8. The van der Waals surface area contributed by atoms with Crippen LogP contribution in [0.25, 0.3) is 0 Å². The van der Waals surface area contributed by atoms with Gasteiger partial charge in [0, 0.05) is 28.2 Å². The highest BCUT2D eigenvalue weighted by Crippen LogP contribution is 2.30. The van der Waals surface area contributed by atoms with E-state index < -0.39 is 4.92 Å². The van der Waals surface area contributed by atoms with E-state index in [1.807, 2.05) is 13.0 Å². The van der Waals surface area contributed by atoms with E-state index in [4.69, 9.17) is 16.3 Å². The van der Waals surface area contributed by atoms with Crippen LogP contribution in [-0.2, 0) is 5.88 Å². The highest BCUT2D eigenvalue weighted by Gasteiger charge is 2.11. The van der Waals surface area contributed by atoms with Crippen LogP contribution in [0.1, 0.15) is 11.1 Å². The molecule has 7 heteroatoms. The number of nitro benzene ring substituents is 1. The van der Waals surface area contributed by atoms with Crippen molar-refractivity contribution in [2.24, 2.45) is 0 Å². The van der Waals surface area contributed by atoms with Crippen molar-refractivity contribution in [3.63, 3.8) is 0 Å². The number of halogens is 2. The molecule has 104 valence electrons. The lowest BCUT2D eigenvalue weighted by atomic mass is 10.2. The quantitative estimate of drug-likeness (QED) is 0.456. The Morgan fingerprint density at radius 3 is 2.75 bits per heavy atom. The van der Waals surface area contributed by atoms with Gasteiger partial charge in [0.25, 0.3) is 5.69 Å². The number of hydrogen-bond acceptors (Lipinski definition) is 4. The van der Waals surface area contributed by atoms with Crippen LogP contribution < -0.4 is 4.74 Å². The molecule has 0 aliphatic carbocycles. The molecule has 0 saturated carbocycles. The van der Waals surface area contributed by atoms with Crippen LogP contribution in [0.3, 0.4) is 0 Å². The first-order valence-electron chi connectivity index (χ1n) is 5.64. The maximum absolute atomic E-state index is 10.8. The van der Waals surface area contributed by atoms with Crippen molar-refractivity contribution in [3.05, 3.63) is 56.2 Å². The topological polar surface area (TPSA) is 65.3 Å². The van der Waals surface area contributed by atoms with Gasteiger partial charge in [0.05, 0.1) is 11.0 Å². The Bertz CT molecular complexity index is 664. The van der Waals surface area contributed by atoms with Crippen molar-refractivity contribution < 1.29 is 9.66 Å². The lowest BCUT2D eigenvalue weighted by Gasteiger charge is -2.08. The van der Waals surface area contributed by atoms with Gasteiger partial charge in [-0.05, 0) is 24.6 Å². The minimum Gasteiger partial charge on any atom is -0.438 e. The number of pyridine rings is 1. The molecular weight excluding hydrogens is 348 g/mol. The second-order valence-corrected chi connectivity index (χ2v) is 5.29. The Morgan fingerprint density at radius 1 is 1.40 bits per heavy atom. The summed E-state index contributed by atoms with van der Waals surface area (Å²) in [6.07, 6.45) is 1.61. The van der Waals surface area contributed by atoms with Gasteiger partial charge in [-0.15, -0.1) is 11.6 Å². The fourth-order valence-corrected chi connectivity index (χ4v) is 2.23. The third-order valence-corrected chi connectivity index (χ3v) is 3.29. The lowest BCUT2D eigenvalue weighted by Crippen LogP contribution is -1.94. The zero-order valence-electron chi connectivity index (χ0n) is 10.5. The lowest BCUT2D eigenvalue weighted by molar-refractivity contribution is -0.385. The number of nitrogens with zero attached hydrogens (tertiary/aromatic N) is 2. The molecule has 2 aromatic rings. The number of alkyl halides is 1. The summed E-state index contributed by atoms with van der Waals surface area (Å²) in [5.74, 6) is 1.11.